The molecule has 5 rings (SSSR count). The van der Waals surface area contributed by atoms with E-state index in [2.05, 4.69) is 0 Å². The van der Waals surface area contributed by atoms with Crippen LogP contribution in [0.1, 0.15) is 23.5 Å². The van der Waals surface area contributed by atoms with Crippen LogP contribution in [-0.2, 0) is 0 Å². The minimum Gasteiger partial charge on any atom is -0.478 e. The summed E-state index contributed by atoms with van der Waals surface area (Å²) in [6.45, 7) is 0. The molecule has 6 nitrogen and oxygen atoms in total. The normalized spacial score (nSPS) is 11.3. The molecule has 5 aromatic rings. The van der Waals surface area contributed by atoms with Gasteiger partial charge in [-0.05, 0) is 71.3 Å². The lowest BCUT2D eigenvalue weighted by Crippen LogP contribution is -1.97. The van der Waals surface area contributed by atoms with Crippen molar-refractivity contribution in [2.24, 2.45) is 0 Å². The third-order valence-electron chi connectivity index (χ3n) is 5.69. The molecule has 0 bridgehead atoms. The average molecular weight is 505 g/mol. The number of carboxylic acid groups (broad SMARTS) is 2. The summed E-state index contributed by atoms with van der Waals surface area (Å²) in [6.07, 6.45) is 0. The lowest BCUT2D eigenvalue weighted by Gasteiger charge is -2.15. The Balaban J connectivity index is 1.63. The van der Waals surface area contributed by atoms with E-state index in [1.165, 1.54) is 24.3 Å². The molecule has 0 atom stereocenters. The highest BCUT2D eigenvalue weighted by Gasteiger charge is 2.13. The average Bonchev–Trinajstić information content (AvgIpc) is 2.96. The summed E-state index contributed by atoms with van der Waals surface area (Å²) in [5.74, 6) is -1.58. The van der Waals surface area contributed by atoms with Crippen LogP contribution in [0, 0.1) is 0 Å². The molecule has 0 aliphatic rings. The van der Waals surface area contributed by atoms with Gasteiger partial charge in [-0.1, -0.05) is 60.6 Å². The fraction of sp³-hybridized carbons (Fsp3) is 0. The first-order chi connectivity index (χ1) is 19.3. The number of hydrogen-bond acceptors (Lipinski definition) is 4. The molecule has 0 spiro atoms. The van der Waals surface area contributed by atoms with Crippen molar-refractivity contribution in [3.63, 3.8) is 0 Å². The van der Waals surface area contributed by atoms with Crippen LogP contribution < -0.4 is 9.47 Å². The molecule has 186 valence electrons. The fourth-order valence-corrected chi connectivity index (χ4v) is 3.87. The number of carbonyl (C=O) groups is 2. The highest BCUT2D eigenvalue weighted by Crippen LogP contribution is 2.39. The molecule has 0 saturated carbocycles. The first kappa shape index (κ1) is 21.9. The van der Waals surface area contributed by atoms with E-state index < -0.39 is 11.9 Å². The maximum Gasteiger partial charge on any atom is 0.335 e. The predicted molar refractivity (Wildman–Crippen MR) is 144 cm³/mol. The monoisotopic (exact) mass is 504 g/mol. The van der Waals surface area contributed by atoms with Gasteiger partial charge >= 0.3 is 11.9 Å². The zero-order valence-electron chi connectivity index (χ0n) is 21.9. The van der Waals surface area contributed by atoms with Gasteiger partial charge in [0, 0.05) is 11.6 Å². The fourth-order valence-electron chi connectivity index (χ4n) is 3.87. The summed E-state index contributed by atoms with van der Waals surface area (Å²) >= 11 is 0. The van der Waals surface area contributed by atoms with Crippen molar-refractivity contribution in [3.05, 3.63) is 132 Å². The van der Waals surface area contributed by atoms with Crippen LogP contribution in [0.3, 0.4) is 0 Å². The van der Waals surface area contributed by atoms with E-state index in [0.717, 1.165) is 5.56 Å². The molecule has 6 heteroatoms. The van der Waals surface area contributed by atoms with E-state index in [-0.39, 0.29) is 40.2 Å². The van der Waals surface area contributed by atoms with Crippen LogP contribution in [0.15, 0.2) is 121 Å². The van der Waals surface area contributed by atoms with Gasteiger partial charge in [0.15, 0.2) is 0 Å². The molecule has 0 heterocycles. The van der Waals surface area contributed by atoms with Gasteiger partial charge < -0.3 is 19.7 Å². The second-order valence-corrected chi connectivity index (χ2v) is 8.29. The maximum absolute atomic E-state index is 11.5. The van der Waals surface area contributed by atoms with Gasteiger partial charge in [0.25, 0.3) is 0 Å². The molecular formula is C32H22O6. The Bertz CT molecular complexity index is 1730. The molecular weight excluding hydrogens is 480 g/mol. The molecule has 0 unspecified atom stereocenters. The summed E-state index contributed by atoms with van der Waals surface area (Å²) < 4.78 is 29.4. The molecule has 38 heavy (non-hydrogen) atoms. The van der Waals surface area contributed by atoms with Crippen molar-refractivity contribution in [2.75, 3.05) is 0 Å². The van der Waals surface area contributed by atoms with E-state index in [9.17, 15) is 19.8 Å². The van der Waals surface area contributed by atoms with Gasteiger partial charge in [0.1, 0.15) is 23.0 Å². The Morgan fingerprint density at radius 1 is 0.579 bits per heavy atom. The Kier molecular flexibility index (Phi) is 6.17. The van der Waals surface area contributed by atoms with E-state index in [1.807, 2.05) is 36.4 Å². The molecule has 2 N–H and O–H groups in total. The van der Waals surface area contributed by atoms with Crippen molar-refractivity contribution in [2.45, 2.75) is 0 Å². The van der Waals surface area contributed by atoms with Crippen molar-refractivity contribution in [1.29, 1.82) is 0 Å². The molecule has 0 amide bonds. The smallest absolute Gasteiger partial charge is 0.335 e. The number of aromatic carboxylic acids is 2. The molecule has 0 saturated heterocycles. The largest absolute Gasteiger partial charge is 0.478 e. The van der Waals surface area contributed by atoms with E-state index in [1.54, 1.807) is 48.5 Å². The first-order valence-corrected chi connectivity index (χ1v) is 11.6. The number of carboxylic acids is 2. The summed E-state index contributed by atoms with van der Waals surface area (Å²) in [4.78, 5) is 22.9. The Morgan fingerprint density at radius 3 is 1.87 bits per heavy atom. The quantitative estimate of drug-likeness (QED) is 0.222. The topological polar surface area (TPSA) is 93.1 Å². The Labute approximate surface area is 221 Å². The lowest BCUT2D eigenvalue weighted by atomic mass is 9.98. The number of benzene rings is 5. The van der Waals surface area contributed by atoms with Crippen molar-refractivity contribution in [1.82, 2.24) is 0 Å². The molecule has 0 aromatic heterocycles. The third-order valence-corrected chi connectivity index (χ3v) is 5.69. The van der Waals surface area contributed by atoms with Crippen molar-refractivity contribution in [3.8, 4) is 45.3 Å². The van der Waals surface area contributed by atoms with E-state index in [4.69, 9.17) is 12.2 Å². The number of rotatable bonds is 8. The second kappa shape index (κ2) is 10.7. The summed E-state index contributed by atoms with van der Waals surface area (Å²) in [5, 5.41) is 18.7. The summed E-state index contributed by atoms with van der Waals surface area (Å²) in [7, 11) is 0. The zero-order chi connectivity index (χ0) is 28.2. The maximum atomic E-state index is 11.5. The molecule has 0 radical (unpaired) electrons. The zero-order valence-corrected chi connectivity index (χ0v) is 19.9. The van der Waals surface area contributed by atoms with Crippen LogP contribution in [-0.4, -0.2) is 22.2 Å². The van der Waals surface area contributed by atoms with Gasteiger partial charge in [-0.15, -0.1) is 0 Å². The Morgan fingerprint density at radius 2 is 1.21 bits per heavy atom. The van der Waals surface area contributed by atoms with Gasteiger partial charge in [0.05, 0.1) is 13.9 Å². The SMILES string of the molecule is [2H]c1ccc(-c2ccc(Oc3cccc(C(=O)O)c3)c([2H])c2Oc2cccc(C(=O)O)c2)cc1-c1ccccc1. The molecule has 0 aliphatic heterocycles. The third kappa shape index (κ3) is 5.55. The van der Waals surface area contributed by atoms with Crippen LogP contribution in [0.2, 0.25) is 0 Å². The summed E-state index contributed by atoms with van der Waals surface area (Å²) in [6, 6.07) is 30.1. The molecule has 5 aromatic carbocycles. The lowest BCUT2D eigenvalue weighted by molar-refractivity contribution is 0.0686. The number of hydrogen-bond donors (Lipinski definition) is 2. The van der Waals surface area contributed by atoms with Crippen molar-refractivity contribution >= 4 is 11.9 Å². The van der Waals surface area contributed by atoms with Crippen LogP contribution in [0.4, 0.5) is 0 Å². The molecule has 0 aliphatic carbocycles. The van der Waals surface area contributed by atoms with E-state index >= 15 is 0 Å². The van der Waals surface area contributed by atoms with Gasteiger partial charge in [0.2, 0.25) is 0 Å². The second-order valence-electron chi connectivity index (χ2n) is 8.29. The van der Waals surface area contributed by atoms with Crippen LogP contribution in [0.5, 0.6) is 23.0 Å². The predicted octanol–water partition coefficient (Wildman–Crippen LogP) is 8.00. The van der Waals surface area contributed by atoms with Crippen molar-refractivity contribution < 1.29 is 32.0 Å². The van der Waals surface area contributed by atoms with Gasteiger partial charge in [-0.2, -0.15) is 0 Å². The van der Waals surface area contributed by atoms with Gasteiger partial charge in [-0.25, -0.2) is 9.59 Å². The highest BCUT2D eigenvalue weighted by molar-refractivity contribution is 5.88. The van der Waals surface area contributed by atoms with Crippen LogP contribution >= 0.6 is 0 Å². The standard InChI is InChI=1S/C32H22O6/c33-31(34)24-11-5-13-26(18-24)37-28-15-16-29(23-10-4-9-22(17-23)21-7-2-1-3-8-21)30(20-28)38-27-14-6-12-25(19-27)32(35)36/h1-20H,(H,33,34)(H,35,36)/i9D,20D. The van der Waals surface area contributed by atoms with Crippen LogP contribution in [0.25, 0.3) is 22.3 Å². The highest BCUT2D eigenvalue weighted by atomic mass is 16.5. The van der Waals surface area contributed by atoms with E-state index in [0.29, 0.717) is 22.7 Å². The minimum absolute atomic E-state index is 0.0217. The summed E-state index contributed by atoms with van der Waals surface area (Å²) in [5.41, 5.74) is 2.80. The van der Waals surface area contributed by atoms with Gasteiger partial charge in [-0.3, -0.25) is 0 Å². The first-order valence-electron chi connectivity index (χ1n) is 12.6. The Hall–Kier alpha value is -5.36. The molecule has 0 fully saturated rings. The number of ether oxygens (including phenoxy) is 2. The minimum atomic E-state index is -1.12.